The molecule has 2 fully saturated rings. The predicted octanol–water partition coefficient (Wildman–Crippen LogP) is 5.09. The SMILES string of the molecule is COc1cccc(C2CC2COc2cccc([C@@H](C3CC3)[C@H](C)C(=O)O)c2)c1. The molecule has 2 saturated carbocycles. The molecule has 28 heavy (non-hydrogen) atoms. The fraction of sp³-hybridized carbons (Fsp3) is 0.458. The van der Waals surface area contributed by atoms with Gasteiger partial charge in [-0.3, -0.25) is 4.79 Å². The highest BCUT2D eigenvalue weighted by atomic mass is 16.5. The number of carbonyl (C=O) groups is 1. The largest absolute Gasteiger partial charge is 0.497 e. The molecule has 0 heterocycles. The zero-order valence-electron chi connectivity index (χ0n) is 16.5. The number of hydrogen-bond acceptors (Lipinski definition) is 3. The number of rotatable bonds is 9. The molecule has 2 aliphatic rings. The lowest BCUT2D eigenvalue weighted by atomic mass is 9.83. The van der Waals surface area contributed by atoms with E-state index in [4.69, 9.17) is 9.47 Å². The minimum Gasteiger partial charge on any atom is -0.497 e. The summed E-state index contributed by atoms with van der Waals surface area (Å²) in [6.07, 6.45) is 3.38. The Bertz CT molecular complexity index is 842. The molecule has 2 aromatic rings. The zero-order valence-corrected chi connectivity index (χ0v) is 16.5. The molecular weight excluding hydrogens is 352 g/mol. The quantitative estimate of drug-likeness (QED) is 0.658. The Hall–Kier alpha value is -2.49. The Labute approximate surface area is 166 Å². The Kier molecular flexibility index (Phi) is 5.29. The van der Waals surface area contributed by atoms with Crippen LogP contribution in [0.15, 0.2) is 48.5 Å². The fourth-order valence-electron chi connectivity index (χ4n) is 4.31. The molecule has 148 valence electrons. The smallest absolute Gasteiger partial charge is 0.306 e. The highest BCUT2D eigenvalue weighted by Gasteiger charge is 2.40. The van der Waals surface area contributed by atoms with E-state index < -0.39 is 5.97 Å². The first-order valence-electron chi connectivity index (χ1n) is 10.2. The maximum Gasteiger partial charge on any atom is 0.306 e. The molecule has 0 aromatic heterocycles. The van der Waals surface area contributed by atoms with E-state index in [0.29, 0.717) is 24.4 Å². The number of carboxylic acid groups (broad SMARTS) is 1. The fourth-order valence-corrected chi connectivity index (χ4v) is 4.31. The van der Waals surface area contributed by atoms with Gasteiger partial charge in [-0.2, -0.15) is 0 Å². The first-order valence-corrected chi connectivity index (χ1v) is 10.2. The second-order valence-corrected chi connectivity index (χ2v) is 8.25. The number of methoxy groups -OCH3 is 1. The van der Waals surface area contributed by atoms with E-state index in [1.165, 1.54) is 5.56 Å². The van der Waals surface area contributed by atoms with E-state index in [2.05, 4.69) is 12.1 Å². The molecule has 4 heteroatoms. The lowest BCUT2D eigenvalue weighted by Crippen LogP contribution is -2.20. The van der Waals surface area contributed by atoms with Gasteiger partial charge < -0.3 is 14.6 Å². The summed E-state index contributed by atoms with van der Waals surface area (Å²) < 4.78 is 11.4. The van der Waals surface area contributed by atoms with Gasteiger partial charge in [-0.15, -0.1) is 0 Å². The van der Waals surface area contributed by atoms with Crippen molar-refractivity contribution in [2.24, 2.45) is 17.8 Å². The molecule has 4 nitrogen and oxygen atoms in total. The Morgan fingerprint density at radius 2 is 1.89 bits per heavy atom. The van der Waals surface area contributed by atoms with Gasteiger partial charge in [-0.05, 0) is 72.4 Å². The zero-order chi connectivity index (χ0) is 19.7. The summed E-state index contributed by atoms with van der Waals surface area (Å²) in [6, 6.07) is 16.3. The first-order chi connectivity index (χ1) is 13.6. The summed E-state index contributed by atoms with van der Waals surface area (Å²) >= 11 is 0. The molecule has 0 aliphatic heterocycles. The third-order valence-electron chi connectivity index (χ3n) is 6.21. The molecule has 0 radical (unpaired) electrons. The summed E-state index contributed by atoms with van der Waals surface area (Å²) in [7, 11) is 1.69. The van der Waals surface area contributed by atoms with Gasteiger partial charge in [-0.25, -0.2) is 0 Å². The van der Waals surface area contributed by atoms with Gasteiger partial charge >= 0.3 is 5.97 Å². The van der Waals surface area contributed by atoms with Crippen LogP contribution >= 0.6 is 0 Å². The molecule has 4 rings (SSSR count). The second kappa shape index (κ2) is 7.86. The van der Waals surface area contributed by atoms with E-state index in [-0.39, 0.29) is 11.8 Å². The third kappa shape index (κ3) is 4.16. The van der Waals surface area contributed by atoms with Crippen molar-refractivity contribution in [3.63, 3.8) is 0 Å². The molecule has 2 aliphatic carbocycles. The lowest BCUT2D eigenvalue weighted by molar-refractivity contribution is -0.142. The Morgan fingerprint density at radius 1 is 1.14 bits per heavy atom. The summed E-state index contributed by atoms with van der Waals surface area (Å²) in [5, 5.41) is 9.48. The Balaban J connectivity index is 1.38. The molecule has 0 saturated heterocycles. The van der Waals surface area contributed by atoms with Gasteiger partial charge in [0.05, 0.1) is 19.6 Å². The first kappa shape index (κ1) is 18.9. The standard InChI is InChI=1S/C24H28O4/c1-15(24(25)26)23(16-9-10-16)18-6-4-8-21(12-18)28-14-19-13-22(19)17-5-3-7-20(11-17)27-2/h3-8,11-12,15-16,19,22-23H,9-10,13-14H2,1-2H3,(H,25,26)/t15-,19?,22?,23+/m0/s1. The molecule has 2 aromatic carbocycles. The van der Waals surface area contributed by atoms with E-state index in [0.717, 1.165) is 36.3 Å². The van der Waals surface area contributed by atoms with Crippen molar-refractivity contribution in [2.45, 2.75) is 38.0 Å². The third-order valence-corrected chi connectivity index (χ3v) is 6.21. The number of hydrogen-bond donors (Lipinski definition) is 1. The van der Waals surface area contributed by atoms with Gasteiger partial charge in [-0.1, -0.05) is 31.2 Å². The van der Waals surface area contributed by atoms with E-state index in [9.17, 15) is 9.90 Å². The van der Waals surface area contributed by atoms with Crippen molar-refractivity contribution in [1.82, 2.24) is 0 Å². The van der Waals surface area contributed by atoms with Crippen molar-refractivity contribution in [3.8, 4) is 11.5 Å². The van der Waals surface area contributed by atoms with Crippen LogP contribution in [-0.2, 0) is 4.79 Å². The van der Waals surface area contributed by atoms with Gasteiger partial charge in [0.15, 0.2) is 0 Å². The van der Waals surface area contributed by atoms with Crippen molar-refractivity contribution < 1.29 is 19.4 Å². The second-order valence-electron chi connectivity index (χ2n) is 8.25. The van der Waals surface area contributed by atoms with E-state index in [1.54, 1.807) is 7.11 Å². The minimum absolute atomic E-state index is 0.0755. The molecule has 0 spiro atoms. The Morgan fingerprint density at radius 3 is 2.61 bits per heavy atom. The predicted molar refractivity (Wildman–Crippen MR) is 108 cm³/mol. The normalized spacial score (nSPS) is 22.9. The van der Waals surface area contributed by atoms with Gasteiger partial charge in [0, 0.05) is 5.92 Å². The van der Waals surface area contributed by atoms with Crippen molar-refractivity contribution in [1.29, 1.82) is 0 Å². The minimum atomic E-state index is -0.720. The van der Waals surface area contributed by atoms with Crippen LogP contribution in [0.3, 0.4) is 0 Å². The monoisotopic (exact) mass is 380 g/mol. The van der Waals surface area contributed by atoms with Crippen molar-refractivity contribution in [2.75, 3.05) is 13.7 Å². The molecule has 1 N–H and O–H groups in total. The van der Waals surface area contributed by atoms with Crippen LogP contribution in [0, 0.1) is 17.8 Å². The van der Waals surface area contributed by atoms with Crippen LogP contribution in [0.4, 0.5) is 0 Å². The summed E-state index contributed by atoms with van der Waals surface area (Å²) in [4.78, 5) is 11.5. The highest BCUT2D eigenvalue weighted by molar-refractivity contribution is 5.71. The topological polar surface area (TPSA) is 55.8 Å². The van der Waals surface area contributed by atoms with Crippen LogP contribution in [0.25, 0.3) is 0 Å². The van der Waals surface area contributed by atoms with Crippen LogP contribution < -0.4 is 9.47 Å². The van der Waals surface area contributed by atoms with Crippen LogP contribution in [0.2, 0.25) is 0 Å². The maximum atomic E-state index is 11.5. The molecular formula is C24H28O4. The number of aliphatic carboxylic acids is 1. The van der Waals surface area contributed by atoms with E-state index >= 15 is 0 Å². The number of carboxylic acids is 1. The van der Waals surface area contributed by atoms with Crippen LogP contribution in [0.1, 0.15) is 49.1 Å². The molecule has 4 atom stereocenters. The molecule has 0 bridgehead atoms. The van der Waals surface area contributed by atoms with Gasteiger partial charge in [0.25, 0.3) is 0 Å². The van der Waals surface area contributed by atoms with Crippen LogP contribution in [-0.4, -0.2) is 24.8 Å². The van der Waals surface area contributed by atoms with Crippen LogP contribution in [0.5, 0.6) is 11.5 Å². The van der Waals surface area contributed by atoms with Crippen molar-refractivity contribution >= 4 is 5.97 Å². The number of ether oxygens (including phenoxy) is 2. The number of benzene rings is 2. The van der Waals surface area contributed by atoms with E-state index in [1.807, 2.05) is 43.3 Å². The highest BCUT2D eigenvalue weighted by Crippen LogP contribution is 2.49. The lowest BCUT2D eigenvalue weighted by Gasteiger charge is -2.21. The summed E-state index contributed by atoms with van der Waals surface area (Å²) in [6.45, 7) is 2.51. The van der Waals surface area contributed by atoms with Gasteiger partial charge in [0.1, 0.15) is 11.5 Å². The molecule has 2 unspecified atom stereocenters. The summed E-state index contributed by atoms with van der Waals surface area (Å²) in [5.41, 5.74) is 2.40. The van der Waals surface area contributed by atoms with Gasteiger partial charge in [0.2, 0.25) is 0 Å². The van der Waals surface area contributed by atoms with Crippen molar-refractivity contribution in [3.05, 3.63) is 59.7 Å². The maximum absolute atomic E-state index is 11.5. The average molecular weight is 380 g/mol. The molecule has 0 amide bonds. The summed E-state index contributed by atoms with van der Waals surface area (Å²) in [5.74, 6) is 2.27. The average Bonchev–Trinajstić information content (AvgIpc) is 3.62.